The fourth-order valence-corrected chi connectivity index (χ4v) is 2.27. The van der Waals surface area contributed by atoms with Gasteiger partial charge in [-0.05, 0) is 50.8 Å². The van der Waals surface area contributed by atoms with E-state index >= 15 is 0 Å². The first-order chi connectivity index (χ1) is 9.88. The highest BCUT2D eigenvalue weighted by molar-refractivity contribution is 6.33. The molecule has 2 rings (SSSR count). The number of hydrogen-bond acceptors (Lipinski definition) is 2. The van der Waals surface area contributed by atoms with Crippen molar-refractivity contribution in [2.24, 2.45) is 5.92 Å². The van der Waals surface area contributed by atoms with E-state index in [9.17, 15) is 9.59 Å². The molecule has 1 aromatic carbocycles. The number of rotatable bonds is 5. The first-order valence-electron chi connectivity index (χ1n) is 6.99. The van der Waals surface area contributed by atoms with Crippen LogP contribution in [0.5, 0.6) is 0 Å². The number of amides is 2. The summed E-state index contributed by atoms with van der Waals surface area (Å²) < 4.78 is 0. The lowest BCUT2D eigenvalue weighted by atomic mass is 10.2. The van der Waals surface area contributed by atoms with E-state index in [2.05, 4.69) is 5.32 Å². The van der Waals surface area contributed by atoms with Crippen LogP contribution in [0.1, 0.15) is 37.0 Å². The molecule has 0 spiro atoms. The smallest absolute Gasteiger partial charge is 0.337 e. The molecule has 5 nitrogen and oxygen atoms in total. The molecule has 0 saturated heterocycles. The van der Waals surface area contributed by atoms with Crippen molar-refractivity contribution in [2.75, 3.05) is 11.9 Å². The fourth-order valence-electron chi connectivity index (χ4n) is 2.07. The Bertz CT molecular complexity index is 556. The number of nitrogens with zero attached hydrogens (tertiary/aromatic N) is 1. The molecule has 0 heterocycles. The number of hydrogen-bond donors (Lipinski definition) is 2. The minimum Gasteiger partial charge on any atom is -0.478 e. The van der Waals surface area contributed by atoms with Crippen molar-refractivity contribution in [1.29, 1.82) is 0 Å². The number of nitrogens with one attached hydrogen (secondary N) is 1. The number of aromatic carboxylic acids is 1. The Labute approximate surface area is 128 Å². The lowest BCUT2D eigenvalue weighted by Crippen LogP contribution is -2.41. The van der Waals surface area contributed by atoms with Crippen molar-refractivity contribution in [2.45, 2.75) is 32.7 Å². The number of benzene rings is 1. The van der Waals surface area contributed by atoms with Crippen LogP contribution in [0.15, 0.2) is 18.2 Å². The van der Waals surface area contributed by atoms with Gasteiger partial charge in [-0.3, -0.25) is 0 Å². The van der Waals surface area contributed by atoms with Gasteiger partial charge in [0.2, 0.25) is 0 Å². The fraction of sp³-hybridized carbons (Fsp3) is 0.467. The zero-order valence-corrected chi connectivity index (χ0v) is 12.9. The van der Waals surface area contributed by atoms with Crippen LogP contribution in [0.4, 0.5) is 10.5 Å². The molecule has 21 heavy (non-hydrogen) atoms. The monoisotopic (exact) mass is 310 g/mol. The van der Waals surface area contributed by atoms with Crippen LogP contribution in [0.2, 0.25) is 5.02 Å². The Balaban J connectivity index is 2.10. The molecular formula is C15H19ClN2O3. The van der Waals surface area contributed by atoms with Gasteiger partial charge in [0.1, 0.15) is 0 Å². The van der Waals surface area contributed by atoms with Crippen LogP contribution in [0, 0.1) is 5.92 Å². The number of halogens is 1. The summed E-state index contributed by atoms with van der Waals surface area (Å²) in [7, 11) is 0. The van der Waals surface area contributed by atoms with E-state index in [-0.39, 0.29) is 22.7 Å². The summed E-state index contributed by atoms with van der Waals surface area (Å²) in [6.07, 6.45) is 2.33. The predicted octanol–water partition coefficient (Wildman–Crippen LogP) is 3.69. The number of carbonyl (C=O) groups excluding carboxylic acids is 1. The Hall–Kier alpha value is -1.75. The SMILES string of the molecule is CC(C)N(CC1CC1)C(=O)Nc1ccc(Cl)c(C(=O)O)c1. The molecule has 1 aliphatic rings. The topological polar surface area (TPSA) is 69.6 Å². The maximum atomic E-state index is 12.3. The van der Waals surface area contributed by atoms with Crippen molar-refractivity contribution in [3.05, 3.63) is 28.8 Å². The van der Waals surface area contributed by atoms with Gasteiger partial charge >= 0.3 is 12.0 Å². The average Bonchev–Trinajstić information content (AvgIpc) is 3.21. The maximum absolute atomic E-state index is 12.3. The second-order valence-corrected chi connectivity index (χ2v) is 6.03. The van der Waals surface area contributed by atoms with Crippen LogP contribution < -0.4 is 5.32 Å². The second kappa shape index (κ2) is 6.35. The standard InChI is InChI=1S/C15H19ClN2O3/c1-9(2)18(8-10-3-4-10)15(21)17-11-5-6-13(16)12(7-11)14(19)20/h5-7,9-10H,3-4,8H2,1-2H3,(H,17,21)(H,19,20). The van der Waals surface area contributed by atoms with Gasteiger partial charge in [-0.2, -0.15) is 0 Å². The Kier molecular flexibility index (Phi) is 4.73. The number of carbonyl (C=O) groups is 2. The molecule has 114 valence electrons. The summed E-state index contributed by atoms with van der Waals surface area (Å²) in [6.45, 7) is 4.67. The summed E-state index contributed by atoms with van der Waals surface area (Å²) in [5.74, 6) is -0.521. The van der Waals surface area contributed by atoms with Crippen LogP contribution in [-0.4, -0.2) is 34.6 Å². The summed E-state index contributed by atoms with van der Waals surface area (Å²) in [5.41, 5.74) is 0.413. The van der Waals surface area contributed by atoms with E-state index in [0.29, 0.717) is 11.6 Å². The van der Waals surface area contributed by atoms with Crippen molar-refractivity contribution in [1.82, 2.24) is 4.90 Å². The molecular weight excluding hydrogens is 292 g/mol. The van der Waals surface area contributed by atoms with Gasteiger partial charge in [-0.1, -0.05) is 11.6 Å². The molecule has 1 aromatic rings. The lowest BCUT2D eigenvalue weighted by molar-refractivity contribution is 0.0697. The number of anilines is 1. The van der Waals surface area contributed by atoms with Crippen molar-refractivity contribution >= 4 is 29.3 Å². The van der Waals surface area contributed by atoms with E-state index in [0.717, 1.165) is 6.54 Å². The third kappa shape index (κ3) is 4.11. The van der Waals surface area contributed by atoms with Crippen LogP contribution in [0.25, 0.3) is 0 Å². The van der Waals surface area contributed by atoms with E-state index in [4.69, 9.17) is 16.7 Å². The molecule has 2 N–H and O–H groups in total. The van der Waals surface area contributed by atoms with Gasteiger partial charge in [0.25, 0.3) is 0 Å². The third-order valence-corrected chi connectivity index (χ3v) is 3.81. The second-order valence-electron chi connectivity index (χ2n) is 5.62. The molecule has 6 heteroatoms. The predicted molar refractivity (Wildman–Crippen MR) is 82.0 cm³/mol. The molecule has 0 bridgehead atoms. The number of urea groups is 1. The van der Waals surface area contributed by atoms with Gasteiger partial charge in [-0.25, -0.2) is 9.59 Å². The van der Waals surface area contributed by atoms with Gasteiger partial charge < -0.3 is 15.3 Å². The number of carboxylic acid groups (broad SMARTS) is 1. The molecule has 0 radical (unpaired) electrons. The van der Waals surface area contributed by atoms with Crippen LogP contribution in [0.3, 0.4) is 0 Å². The minimum absolute atomic E-state index is 0.0206. The molecule has 1 aliphatic carbocycles. The molecule has 0 aromatic heterocycles. The van der Waals surface area contributed by atoms with E-state index in [1.807, 2.05) is 13.8 Å². The van der Waals surface area contributed by atoms with Crippen LogP contribution >= 0.6 is 11.6 Å². The van der Waals surface area contributed by atoms with Crippen molar-refractivity contribution < 1.29 is 14.7 Å². The molecule has 0 unspecified atom stereocenters. The number of carboxylic acids is 1. The van der Waals surface area contributed by atoms with E-state index in [1.54, 1.807) is 11.0 Å². The van der Waals surface area contributed by atoms with Gasteiger partial charge in [0, 0.05) is 18.3 Å². The summed E-state index contributed by atoms with van der Waals surface area (Å²) in [6, 6.07) is 4.33. The summed E-state index contributed by atoms with van der Waals surface area (Å²) in [5, 5.41) is 11.9. The van der Waals surface area contributed by atoms with Crippen molar-refractivity contribution in [3.8, 4) is 0 Å². The Morgan fingerprint density at radius 2 is 2.10 bits per heavy atom. The maximum Gasteiger partial charge on any atom is 0.337 e. The lowest BCUT2D eigenvalue weighted by Gasteiger charge is -2.27. The minimum atomic E-state index is -1.12. The highest BCUT2D eigenvalue weighted by Gasteiger charge is 2.28. The van der Waals surface area contributed by atoms with E-state index in [1.165, 1.54) is 25.0 Å². The quantitative estimate of drug-likeness (QED) is 0.871. The van der Waals surface area contributed by atoms with Gasteiger partial charge in [0.05, 0.1) is 10.6 Å². The summed E-state index contributed by atoms with van der Waals surface area (Å²) >= 11 is 5.81. The van der Waals surface area contributed by atoms with E-state index < -0.39 is 5.97 Å². The normalized spacial score (nSPS) is 14.1. The Morgan fingerprint density at radius 3 is 2.62 bits per heavy atom. The highest BCUT2D eigenvalue weighted by atomic mass is 35.5. The first-order valence-corrected chi connectivity index (χ1v) is 7.36. The molecule has 0 atom stereocenters. The molecule has 0 aliphatic heterocycles. The summed E-state index contributed by atoms with van der Waals surface area (Å²) in [4.78, 5) is 25.1. The zero-order valence-electron chi connectivity index (χ0n) is 12.1. The van der Waals surface area contributed by atoms with Crippen LogP contribution in [-0.2, 0) is 0 Å². The average molecular weight is 311 g/mol. The Morgan fingerprint density at radius 1 is 1.43 bits per heavy atom. The zero-order chi connectivity index (χ0) is 15.6. The molecule has 1 saturated carbocycles. The van der Waals surface area contributed by atoms with Gasteiger partial charge in [0.15, 0.2) is 0 Å². The van der Waals surface area contributed by atoms with Gasteiger partial charge in [-0.15, -0.1) is 0 Å². The largest absolute Gasteiger partial charge is 0.478 e. The molecule has 1 fully saturated rings. The third-order valence-electron chi connectivity index (χ3n) is 3.48. The highest BCUT2D eigenvalue weighted by Crippen LogP contribution is 2.30. The van der Waals surface area contributed by atoms with Crippen molar-refractivity contribution in [3.63, 3.8) is 0 Å². The first kappa shape index (κ1) is 15.6. The molecule has 2 amide bonds.